The zero-order valence-electron chi connectivity index (χ0n) is 11.0. The van der Waals surface area contributed by atoms with Gasteiger partial charge in [0.05, 0.1) is 21.7 Å². The fourth-order valence-electron chi connectivity index (χ4n) is 1.58. The molecule has 2 aromatic rings. The van der Waals surface area contributed by atoms with E-state index in [1.807, 2.05) is 0 Å². The first-order valence-corrected chi connectivity index (χ1v) is 6.32. The van der Waals surface area contributed by atoms with E-state index >= 15 is 0 Å². The second-order valence-electron chi connectivity index (χ2n) is 4.14. The van der Waals surface area contributed by atoms with Gasteiger partial charge < -0.3 is 0 Å². The van der Waals surface area contributed by atoms with Gasteiger partial charge in [-0.05, 0) is 18.2 Å². The first-order valence-electron chi connectivity index (χ1n) is 5.95. The molecular weight excluding hydrogens is 312 g/mol. The summed E-state index contributed by atoms with van der Waals surface area (Å²) in [5.41, 5.74) is 3.44. The van der Waals surface area contributed by atoms with E-state index in [9.17, 15) is 20.2 Å². The summed E-state index contributed by atoms with van der Waals surface area (Å²) in [6.45, 7) is 0. The van der Waals surface area contributed by atoms with E-state index in [1.165, 1.54) is 48.7 Å². The van der Waals surface area contributed by atoms with E-state index in [4.69, 9.17) is 11.6 Å². The number of hydrazone groups is 1. The number of hydrogen-bond acceptors (Lipinski definition) is 6. The van der Waals surface area contributed by atoms with Crippen molar-refractivity contribution in [3.63, 3.8) is 0 Å². The summed E-state index contributed by atoms with van der Waals surface area (Å²) in [6, 6.07) is 9.64. The van der Waals surface area contributed by atoms with Crippen molar-refractivity contribution in [2.75, 3.05) is 5.43 Å². The molecule has 0 aliphatic heterocycles. The number of halogens is 1. The molecule has 0 fully saturated rings. The lowest BCUT2D eigenvalue weighted by atomic mass is 10.2. The molecular formula is C13H9ClN4O4. The van der Waals surface area contributed by atoms with E-state index in [1.54, 1.807) is 0 Å². The largest absolute Gasteiger partial charge is 0.278 e. The van der Waals surface area contributed by atoms with Crippen LogP contribution in [0.5, 0.6) is 0 Å². The highest BCUT2D eigenvalue weighted by Crippen LogP contribution is 2.21. The molecule has 1 N–H and O–H groups in total. The number of nitrogens with zero attached hydrogens (tertiary/aromatic N) is 3. The first-order chi connectivity index (χ1) is 10.5. The second-order valence-corrected chi connectivity index (χ2v) is 4.54. The van der Waals surface area contributed by atoms with Gasteiger partial charge in [-0.25, -0.2) is 0 Å². The molecule has 0 amide bonds. The Labute approximate surface area is 129 Å². The molecule has 0 radical (unpaired) electrons. The number of rotatable bonds is 5. The van der Waals surface area contributed by atoms with Crippen LogP contribution in [0.3, 0.4) is 0 Å². The Bertz CT molecular complexity index is 746. The summed E-state index contributed by atoms with van der Waals surface area (Å²) >= 11 is 5.92. The Morgan fingerprint density at radius 1 is 1.00 bits per heavy atom. The molecule has 0 spiro atoms. The zero-order valence-corrected chi connectivity index (χ0v) is 11.7. The molecule has 2 aromatic carbocycles. The van der Waals surface area contributed by atoms with Crippen LogP contribution in [-0.4, -0.2) is 16.1 Å². The highest BCUT2D eigenvalue weighted by molar-refractivity contribution is 6.33. The smallest absolute Gasteiger partial charge is 0.270 e. The Morgan fingerprint density at radius 2 is 1.59 bits per heavy atom. The standard InChI is InChI=1S/C13H9ClN4O4/c14-13-6-5-12(18(21)22)7-9(13)8-15-16-10-1-3-11(4-2-10)17(19)20/h1-8,16H/b15-8+. The SMILES string of the molecule is O=[N+]([O-])c1ccc(N/N=C/c2cc([N+](=O)[O-])ccc2Cl)cc1. The van der Waals surface area contributed by atoms with Gasteiger partial charge in [0.1, 0.15) is 0 Å². The summed E-state index contributed by atoms with van der Waals surface area (Å²) in [4.78, 5) is 20.2. The minimum Gasteiger partial charge on any atom is -0.278 e. The van der Waals surface area contributed by atoms with Crippen molar-refractivity contribution < 1.29 is 9.85 Å². The maximum atomic E-state index is 10.7. The monoisotopic (exact) mass is 320 g/mol. The van der Waals surface area contributed by atoms with E-state index in [0.717, 1.165) is 0 Å². The third-order valence-electron chi connectivity index (χ3n) is 2.67. The average molecular weight is 321 g/mol. The van der Waals surface area contributed by atoms with Crippen LogP contribution >= 0.6 is 11.6 Å². The van der Waals surface area contributed by atoms with E-state index in [2.05, 4.69) is 10.5 Å². The molecule has 0 aliphatic carbocycles. The topological polar surface area (TPSA) is 111 Å². The lowest BCUT2D eigenvalue weighted by Gasteiger charge is -2.00. The van der Waals surface area contributed by atoms with Crippen molar-refractivity contribution in [3.8, 4) is 0 Å². The Morgan fingerprint density at radius 3 is 2.18 bits per heavy atom. The van der Waals surface area contributed by atoms with Crippen LogP contribution in [0, 0.1) is 20.2 Å². The number of nitrogens with one attached hydrogen (secondary N) is 1. The lowest BCUT2D eigenvalue weighted by Crippen LogP contribution is -1.94. The lowest BCUT2D eigenvalue weighted by molar-refractivity contribution is -0.385. The van der Waals surface area contributed by atoms with Gasteiger partial charge in [0.25, 0.3) is 11.4 Å². The Balaban J connectivity index is 2.10. The summed E-state index contributed by atoms with van der Waals surface area (Å²) in [6.07, 6.45) is 1.33. The fraction of sp³-hybridized carbons (Fsp3) is 0. The second kappa shape index (κ2) is 6.64. The minimum absolute atomic E-state index is 0.0312. The molecule has 22 heavy (non-hydrogen) atoms. The molecule has 9 heteroatoms. The highest BCUT2D eigenvalue weighted by atomic mass is 35.5. The number of benzene rings is 2. The number of non-ortho nitro benzene ring substituents is 2. The number of nitro benzene ring substituents is 2. The van der Waals surface area contributed by atoms with Crippen LogP contribution in [0.25, 0.3) is 0 Å². The van der Waals surface area contributed by atoms with E-state index in [0.29, 0.717) is 16.3 Å². The quantitative estimate of drug-likeness (QED) is 0.514. The summed E-state index contributed by atoms with van der Waals surface area (Å²) in [7, 11) is 0. The van der Waals surface area contributed by atoms with Gasteiger partial charge in [0.15, 0.2) is 0 Å². The summed E-state index contributed by atoms with van der Waals surface area (Å²) in [5.74, 6) is 0. The first kappa shape index (κ1) is 15.4. The molecule has 0 atom stereocenters. The molecule has 0 aromatic heterocycles. The predicted molar refractivity (Wildman–Crippen MR) is 82.4 cm³/mol. The van der Waals surface area contributed by atoms with Crippen molar-refractivity contribution in [2.45, 2.75) is 0 Å². The van der Waals surface area contributed by atoms with Crippen molar-refractivity contribution >= 4 is 34.9 Å². The summed E-state index contributed by atoms with van der Waals surface area (Å²) in [5, 5.41) is 25.4. The molecule has 2 rings (SSSR count). The van der Waals surface area contributed by atoms with E-state index < -0.39 is 9.85 Å². The van der Waals surface area contributed by atoms with Gasteiger partial charge in [-0.1, -0.05) is 11.6 Å². The van der Waals surface area contributed by atoms with Gasteiger partial charge in [-0.3, -0.25) is 25.7 Å². The van der Waals surface area contributed by atoms with Crippen LogP contribution in [-0.2, 0) is 0 Å². The molecule has 0 heterocycles. The maximum absolute atomic E-state index is 10.7. The molecule has 0 bridgehead atoms. The molecule has 0 saturated heterocycles. The Hall–Kier alpha value is -3.00. The van der Waals surface area contributed by atoms with E-state index in [-0.39, 0.29) is 11.4 Å². The highest BCUT2D eigenvalue weighted by Gasteiger charge is 2.08. The normalized spacial score (nSPS) is 10.6. The third kappa shape index (κ3) is 3.76. The fourth-order valence-corrected chi connectivity index (χ4v) is 1.74. The van der Waals surface area contributed by atoms with Crippen LogP contribution < -0.4 is 5.43 Å². The van der Waals surface area contributed by atoms with Gasteiger partial charge in [0, 0.05) is 34.9 Å². The van der Waals surface area contributed by atoms with Crippen molar-refractivity contribution in [1.29, 1.82) is 0 Å². The predicted octanol–water partition coefficient (Wildman–Crippen LogP) is 3.60. The van der Waals surface area contributed by atoms with Crippen LogP contribution in [0.15, 0.2) is 47.6 Å². The number of nitro groups is 2. The molecule has 8 nitrogen and oxygen atoms in total. The Kier molecular flexibility index (Phi) is 4.64. The van der Waals surface area contributed by atoms with Crippen molar-refractivity contribution in [2.24, 2.45) is 5.10 Å². The van der Waals surface area contributed by atoms with Gasteiger partial charge in [0.2, 0.25) is 0 Å². The van der Waals surface area contributed by atoms with Crippen molar-refractivity contribution in [1.82, 2.24) is 0 Å². The van der Waals surface area contributed by atoms with Gasteiger partial charge >= 0.3 is 0 Å². The van der Waals surface area contributed by atoms with Gasteiger partial charge in [-0.2, -0.15) is 5.10 Å². The minimum atomic E-state index is -0.530. The van der Waals surface area contributed by atoms with Crippen LogP contribution in [0.1, 0.15) is 5.56 Å². The van der Waals surface area contributed by atoms with Crippen molar-refractivity contribution in [3.05, 3.63) is 73.3 Å². The zero-order chi connectivity index (χ0) is 16.1. The molecule has 0 saturated carbocycles. The molecule has 112 valence electrons. The van der Waals surface area contributed by atoms with Gasteiger partial charge in [-0.15, -0.1) is 0 Å². The third-order valence-corrected chi connectivity index (χ3v) is 3.01. The number of hydrogen-bond donors (Lipinski definition) is 1. The number of anilines is 1. The molecule has 0 aliphatic rings. The molecule has 0 unspecified atom stereocenters. The van der Waals surface area contributed by atoms with Crippen LogP contribution in [0.4, 0.5) is 17.1 Å². The average Bonchev–Trinajstić information content (AvgIpc) is 2.49. The maximum Gasteiger partial charge on any atom is 0.270 e. The van der Waals surface area contributed by atoms with Crippen LogP contribution in [0.2, 0.25) is 5.02 Å². The summed E-state index contributed by atoms with van der Waals surface area (Å²) < 4.78 is 0.